The first kappa shape index (κ1) is 26.2. The summed E-state index contributed by atoms with van der Waals surface area (Å²) in [7, 11) is 0. The van der Waals surface area contributed by atoms with Gasteiger partial charge in [0.1, 0.15) is 5.82 Å². The highest BCUT2D eigenvalue weighted by atomic mass is 35.5. The molecule has 0 radical (unpaired) electrons. The van der Waals surface area contributed by atoms with Crippen LogP contribution in [-0.2, 0) is 9.53 Å². The van der Waals surface area contributed by atoms with E-state index in [0.717, 1.165) is 44.3 Å². The summed E-state index contributed by atoms with van der Waals surface area (Å²) in [6, 6.07) is 18.3. The van der Waals surface area contributed by atoms with Crippen molar-refractivity contribution in [2.45, 2.75) is 20.3 Å². The summed E-state index contributed by atoms with van der Waals surface area (Å²) in [5.41, 5.74) is 6.33. The molecular weight excluding hydrogens is 486 g/mol. The van der Waals surface area contributed by atoms with E-state index in [2.05, 4.69) is 16.3 Å². The van der Waals surface area contributed by atoms with Crippen molar-refractivity contribution >= 4 is 58.1 Å². The van der Waals surface area contributed by atoms with Crippen LogP contribution in [0.5, 0.6) is 0 Å². The fourth-order valence-electron chi connectivity index (χ4n) is 4.04. The summed E-state index contributed by atoms with van der Waals surface area (Å²) >= 11 is 6.51. The number of carbonyl (C=O) groups is 1. The topological polar surface area (TPSA) is 55.0 Å². The Hall–Kier alpha value is -3.41. The van der Waals surface area contributed by atoms with Gasteiger partial charge >= 0.3 is 5.97 Å². The Morgan fingerprint density at radius 3 is 2.63 bits per heavy atom. The Labute approximate surface area is 214 Å². The van der Waals surface area contributed by atoms with Gasteiger partial charge in [-0.1, -0.05) is 54.9 Å². The minimum absolute atomic E-state index is 0. The molecule has 7 heteroatoms. The molecule has 0 aliphatic rings. The quantitative estimate of drug-likeness (QED) is 0.157. The number of aromatic nitrogens is 2. The van der Waals surface area contributed by atoms with Gasteiger partial charge in [-0.15, -0.1) is 12.4 Å². The Morgan fingerprint density at radius 1 is 1.09 bits per heavy atom. The smallest absolute Gasteiger partial charge is 0.330 e. The minimum atomic E-state index is -0.403. The summed E-state index contributed by atoms with van der Waals surface area (Å²) in [6.07, 6.45) is 5.61. The van der Waals surface area contributed by atoms with E-state index in [1.807, 2.05) is 43.3 Å². The summed E-state index contributed by atoms with van der Waals surface area (Å²) in [4.78, 5) is 12.0. The molecule has 4 aromatic rings. The molecule has 0 fully saturated rings. The number of fused-ring (bicyclic) bond motifs is 1. The number of nitrogens with zero attached hydrogens (tertiary/aromatic N) is 1. The number of carbonyl (C=O) groups excluding carboxylic acids is 1. The standard InChI is InChI=1S/C28H24ClFN2O2.ClH/c1-3-22(24-12-11-21(30)16-25(24)29)28(19-9-13-26-20(15-19)17-31-32-26)23-8-6-5-7-18(23)10-14-27(33)34-4-2;/h5-17H,3-4H2,1-2H3,(H,31,32);1H/b14-10?,28-22+;. The molecule has 0 aliphatic heterocycles. The third kappa shape index (κ3) is 5.81. The lowest BCUT2D eigenvalue weighted by molar-refractivity contribution is -0.137. The van der Waals surface area contributed by atoms with Crippen molar-refractivity contribution in [3.05, 3.63) is 106 Å². The lowest BCUT2D eigenvalue weighted by atomic mass is 9.85. The number of hydrogen-bond donors (Lipinski definition) is 1. The predicted octanol–water partition coefficient (Wildman–Crippen LogP) is 7.72. The first-order valence-electron chi connectivity index (χ1n) is 11.1. The van der Waals surface area contributed by atoms with Crippen LogP contribution in [0, 0.1) is 5.82 Å². The van der Waals surface area contributed by atoms with Crippen molar-refractivity contribution in [3.8, 4) is 0 Å². The SMILES string of the molecule is CCOC(=O)C=Cc1ccccc1/C(=C(\CC)c1ccc(F)cc1Cl)c1ccc2[nH]ncc2c1.Cl. The molecule has 1 aromatic heterocycles. The monoisotopic (exact) mass is 510 g/mol. The van der Waals surface area contributed by atoms with Gasteiger partial charge in [0.2, 0.25) is 0 Å². The molecule has 1 heterocycles. The van der Waals surface area contributed by atoms with Gasteiger partial charge in [-0.05, 0) is 77.1 Å². The van der Waals surface area contributed by atoms with Crippen LogP contribution in [0.3, 0.4) is 0 Å². The van der Waals surface area contributed by atoms with Gasteiger partial charge in [-0.3, -0.25) is 5.10 Å². The molecule has 3 aromatic carbocycles. The van der Waals surface area contributed by atoms with E-state index in [9.17, 15) is 9.18 Å². The number of benzene rings is 3. The number of halogens is 3. The van der Waals surface area contributed by atoms with Crippen LogP contribution in [0.1, 0.15) is 42.5 Å². The van der Waals surface area contributed by atoms with Crippen LogP contribution in [0.2, 0.25) is 5.02 Å². The highest BCUT2D eigenvalue weighted by Gasteiger charge is 2.18. The van der Waals surface area contributed by atoms with Crippen molar-refractivity contribution in [3.63, 3.8) is 0 Å². The van der Waals surface area contributed by atoms with Crippen molar-refractivity contribution < 1.29 is 13.9 Å². The molecule has 35 heavy (non-hydrogen) atoms. The molecule has 1 N–H and O–H groups in total. The first-order chi connectivity index (χ1) is 16.5. The second-order valence-corrected chi connectivity index (χ2v) is 8.08. The molecule has 0 amide bonds. The van der Waals surface area contributed by atoms with Gasteiger partial charge in [0.25, 0.3) is 0 Å². The lowest BCUT2D eigenvalue weighted by Crippen LogP contribution is -2.00. The van der Waals surface area contributed by atoms with Crippen LogP contribution < -0.4 is 0 Å². The maximum absolute atomic E-state index is 13.8. The molecule has 0 unspecified atom stereocenters. The number of ether oxygens (including phenoxy) is 1. The molecule has 0 bridgehead atoms. The third-order valence-corrected chi connectivity index (χ3v) is 5.87. The highest BCUT2D eigenvalue weighted by molar-refractivity contribution is 6.32. The van der Waals surface area contributed by atoms with Crippen molar-refractivity contribution in [1.82, 2.24) is 10.2 Å². The van der Waals surface area contributed by atoms with Crippen LogP contribution in [-0.4, -0.2) is 22.8 Å². The fourth-order valence-corrected chi connectivity index (χ4v) is 4.33. The lowest BCUT2D eigenvalue weighted by Gasteiger charge is -2.19. The maximum Gasteiger partial charge on any atom is 0.330 e. The zero-order valence-electron chi connectivity index (χ0n) is 19.3. The molecule has 0 saturated carbocycles. The van der Waals surface area contributed by atoms with E-state index in [4.69, 9.17) is 16.3 Å². The fraction of sp³-hybridized carbons (Fsp3) is 0.143. The normalized spacial score (nSPS) is 11.9. The number of hydrogen-bond acceptors (Lipinski definition) is 3. The Bertz CT molecular complexity index is 1410. The summed E-state index contributed by atoms with van der Waals surface area (Å²) in [6.45, 7) is 4.12. The van der Waals surface area contributed by atoms with Gasteiger partial charge in [0.05, 0.1) is 23.3 Å². The zero-order valence-corrected chi connectivity index (χ0v) is 20.9. The van der Waals surface area contributed by atoms with Crippen molar-refractivity contribution in [2.75, 3.05) is 6.61 Å². The summed E-state index contributed by atoms with van der Waals surface area (Å²) in [5, 5.41) is 8.43. The molecule has 0 atom stereocenters. The van der Waals surface area contributed by atoms with Crippen LogP contribution in [0.25, 0.3) is 28.1 Å². The number of allylic oxidation sites excluding steroid dienone is 1. The largest absolute Gasteiger partial charge is 0.463 e. The van der Waals surface area contributed by atoms with E-state index < -0.39 is 5.97 Å². The zero-order chi connectivity index (χ0) is 24.1. The van der Waals surface area contributed by atoms with Gasteiger partial charge in [0.15, 0.2) is 0 Å². The third-order valence-electron chi connectivity index (χ3n) is 5.56. The second-order valence-electron chi connectivity index (χ2n) is 7.68. The van der Waals surface area contributed by atoms with Gasteiger partial charge in [0, 0.05) is 11.5 Å². The molecule has 0 aliphatic carbocycles. The van der Waals surface area contributed by atoms with Crippen molar-refractivity contribution in [2.24, 2.45) is 0 Å². The van der Waals surface area contributed by atoms with E-state index in [-0.39, 0.29) is 18.2 Å². The van der Waals surface area contributed by atoms with E-state index in [1.165, 1.54) is 18.2 Å². The molecular formula is C28H25Cl2FN2O2. The highest BCUT2D eigenvalue weighted by Crippen LogP contribution is 2.39. The number of aromatic amines is 1. The molecule has 4 nitrogen and oxygen atoms in total. The minimum Gasteiger partial charge on any atom is -0.463 e. The Kier molecular flexibility index (Phi) is 8.85. The Morgan fingerprint density at radius 2 is 1.89 bits per heavy atom. The summed E-state index contributed by atoms with van der Waals surface area (Å²) in [5.74, 6) is -0.789. The predicted molar refractivity (Wildman–Crippen MR) is 143 cm³/mol. The number of nitrogens with one attached hydrogen (secondary N) is 1. The second kappa shape index (κ2) is 11.8. The van der Waals surface area contributed by atoms with Gasteiger partial charge in [-0.25, -0.2) is 9.18 Å². The van der Waals surface area contributed by atoms with Crippen molar-refractivity contribution in [1.29, 1.82) is 0 Å². The molecule has 0 spiro atoms. The maximum atomic E-state index is 13.8. The van der Waals surface area contributed by atoms with Gasteiger partial charge < -0.3 is 4.74 Å². The van der Waals surface area contributed by atoms with Crippen LogP contribution in [0.4, 0.5) is 4.39 Å². The molecule has 4 rings (SSSR count). The summed E-state index contributed by atoms with van der Waals surface area (Å²) < 4.78 is 18.9. The number of rotatable bonds is 7. The number of esters is 1. The average molecular weight is 511 g/mol. The number of H-pyrrole nitrogens is 1. The van der Waals surface area contributed by atoms with E-state index >= 15 is 0 Å². The average Bonchev–Trinajstić information content (AvgIpc) is 3.30. The van der Waals surface area contributed by atoms with Crippen LogP contribution in [0.15, 0.2) is 72.9 Å². The molecule has 0 saturated heterocycles. The Balaban J connectivity index is 0.00000342. The first-order valence-corrected chi connectivity index (χ1v) is 11.5. The molecule has 180 valence electrons. The van der Waals surface area contributed by atoms with E-state index in [1.54, 1.807) is 25.3 Å². The van der Waals surface area contributed by atoms with Crippen LogP contribution >= 0.6 is 24.0 Å². The van der Waals surface area contributed by atoms with Gasteiger partial charge in [-0.2, -0.15) is 5.10 Å². The van der Waals surface area contributed by atoms with E-state index in [0.29, 0.717) is 18.1 Å².